The molecule has 2 N–H and O–H groups in total. The van der Waals surface area contributed by atoms with Crippen LogP contribution in [0.15, 0.2) is 0 Å². The van der Waals surface area contributed by atoms with E-state index in [9.17, 15) is 19.8 Å². The molecule has 0 radical (unpaired) electrons. The van der Waals surface area contributed by atoms with Crippen molar-refractivity contribution in [2.24, 2.45) is 23.7 Å². The fourth-order valence-corrected chi connectivity index (χ4v) is 7.69. The molecule has 274 valence electrons. The molecule has 0 aromatic heterocycles. The van der Waals surface area contributed by atoms with Crippen LogP contribution in [0.5, 0.6) is 0 Å². The van der Waals surface area contributed by atoms with Crippen molar-refractivity contribution in [3.63, 3.8) is 0 Å². The minimum absolute atomic E-state index is 0.262. The highest BCUT2D eigenvalue weighted by atomic mass is 16.4. The van der Waals surface area contributed by atoms with Gasteiger partial charge in [0.05, 0.1) is 11.8 Å². The van der Waals surface area contributed by atoms with Crippen molar-refractivity contribution in [2.75, 3.05) is 0 Å². The molecule has 2 atom stereocenters. The van der Waals surface area contributed by atoms with Crippen molar-refractivity contribution < 1.29 is 19.8 Å². The molecule has 0 fully saturated rings. The van der Waals surface area contributed by atoms with E-state index in [0.717, 1.165) is 64.2 Å². The molecule has 0 aliphatic heterocycles. The summed E-state index contributed by atoms with van der Waals surface area (Å²) in [5, 5.41) is 20.7. The minimum Gasteiger partial charge on any atom is -0.481 e. The molecular formula is C42H82O4. The van der Waals surface area contributed by atoms with Crippen molar-refractivity contribution >= 4 is 11.9 Å². The Morgan fingerprint density at radius 3 is 0.739 bits per heavy atom. The number of aliphatic carboxylic acids is 2. The maximum atomic E-state index is 12.6. The SMILES string of the molecule is CCCCCCCCC(CCCCCCCC)C(CCCCC(C(=O)O)C(CCCCCCCC)CCCCCCCC)C(=O)O. The van der Waals surface area contributed by atoms with Crippen LogP contribution in [0.1, 0.15) is 233 Å². The summed E-state index contributed by atoms with van der Waals surface area (Å²) < 4.78 is 0. The second-order valence-electron chi connectivity index (χ2n) is 14.9. The van der Waals surface area contributed by atoms with Crippen molar-refractivity contribution in [3.8, 4) is 0 Å². The number of carboxylic acids is 2. The van der Waals surface area contributed by atoms with E-state index >= 15 is 0 Å². The van der Waals surface area contributed by atoms with Crippen LogP contribution in [0.3, 0.4) is 0 Å². The van der Waals surface area contributed by atoms with Gasteiger partial charge in [-0.1, -0.05) is 195 Å². The third-order valence-electron chi connectivity index (χ3n) is 10.8. The van der Waals surface area contributed by atoms with Gasteiger partial charge in [0.15, 0.2) is 0 Å². The fraction of sp³-hybridized carbons (Fsp3) is 0.952. The Morgan fingerprint density at radius 1 is 0.326 bits per heavy atom. The molecule has 4 heteroatoms. The van der Waals surface area contributed by atoms with E-state index in [0.29, 0.717) is 12.8 Å². The third kappa shape index (κ3) is 26.0. The lowest BCUT2D eigenvalue weighted by Gasteiger charge is -2.26. The van der Waals surface area contributed by atoms with Crippen LogP contribution in [-0.2, 0) is 9.59 Å². The molecule has 0 aromatic rings. The molecule has 46 heavy (non-hydrogen) atoms. The molecule has 0 bridgehead atoms. The number of hydrogen-bond acceptors (Lipinski definition) is 2. The van der Waals surface area contributed by atoms with Gasteiger partial charge in [-0.2, -0.15) is 0 Å². The molecule has 0 rings (SSSR count). The maximum Gasteiger partial charge on any atom is 0.306 e. The van der Waals surface area contributed by atoms with Crippen LogP contribution in [0.2, 0.25) is 0 Å². The Labute approximate surface area is 288 Å². The first-order valence-electron chi connectivity index (χ1n) is 20.9. The van der Waals surface area contributed by atoms with E-state index in [-0.39, 0.29) is 23.7 Å². The number of carbonyl (C=O) groups is 2. The Bertz CT molecular complexity index is 574. The molecule has 0 saturated carbocycles. The van der Waals surface area contributed by atoms with Crippen LogP contribution in [0, 0.1) is 23.7 Å². The first-order valence-corrected chi connectivity index (χ1v) is 20.9. The predicted molar refractivity (Wildman–Crippen MR) is 200 cm³/mol. The lowest BCUT2D eigenvalue weighted by Crippen LogP contribution is -2.25. The lowest BCUT2D eigenvalue weighted by molar-refractivity contribution is -0.145. The Morgan fingerprint density at radius 2 is 0.522 bits per heavy atom. The molecule has 0 aliphatic carbocycles. The monoisotopic (exact) mass is 651 g/mol. The van der Waals surface area contributed by atoms with Crippen LogP contribution in [-0.4, -0.2) is 22.2 Å². The Balaban J connectivity index is 5.14. The number of hydrogen-bond donors (Lipinski definition) is 2. The second-order valence-corrected chi connectivity index (χ2v) is 14.9. The van der Waals surface area contributed by atoms with Gasteiger partial charge in [-0.15, -0.1) is 0 Å². The smallest absolute Gasteiger partial charge is 0.306 e. The summed E-state index contributed by atoms with van der Waals surface area (Å²) in [4.78, 5) is 25.1. The van der Waals surface area contributed by atoms with Crippen LogP contribution in [0.25, 0.3) is 0 Å². The molecule has 0 amide bonds. The Kier molecular flexibility index (Phi) is 33.0. The van der Waals surface area contributed by atoms with Crippen molar-refractivity contribution in [2.45, 2.75) is 233 Å². The molecule has 2 unspecified atom stereocenters. The largest absolute Gasteiger partial charge is 0.481 e. The van der Waals surface area contributed by atoms with Gasteiger partial charge in [0, 0.05) is 0 Å². The van der Waals surface area contributed by atoms with Gasteiger partial charge in [0.25, 0.3) is 0 Å². The van der Waals surface area contributed by atoms with Crippen LogP contribution < -0.4 is 0 Å². The van der Waals surface area contributed by atoms with Crippen molar-refractivity contribution in [1.29, 1.82) is 0 Å². The molecule has 0 aromatic carbocycles. The van der Waals surface area contributed by atoms with E-state index in [4.69, 9.17) is 0 Å². The average molecular weight is 651 g/mol. The van der Waals surface area contributed by atoms with E-state index < -0.39 is 11.9 Å². The summed E-state index contributed by atoms with van der Waals surface area (Å²) in [6, 6.07) is 0. The zero-order valence-electron chi connectivity index (χ0n) is 31.6. The van der Waals surface area contributed by atoms with Gasteiger partial charge in [0.1, 0.15) is 0 Å². The van der Waals surface area contributed by atoms with Gasteiger partial charge < -0.3 is 10.2 Å². The molecule has 0 aliphatic rings. The third-order valence-corrected chi connectivity index (χ3v) is 10.8. The molecule has 4 nitrogen and oxygen atoms in total. The fourth-order valence-electron chi connectivity index (χ4n) is 7.69. The molecule has 0 heterocycles. The summed E-state index contributed by atoms with van der Waals surface area (Å²) >= 11 is 0. The molecule has 0 saturated heterocycles. The van der Waals surface area contributed by atoms with Gasteiger partial charge in [-0.05, 0) is 50.4 Å². The number of carboxylic acid groups (broad SMARTS) is 2. The van der Waals surface area contributed by atoms with Crippen LogP contribution >= 0.6 is 0 Å². The summed E-state index contributed by atoms with van der Waals surface area (Å²) in [5.41, 5.74) is 0. The Hall–Kier alpha value is -1.06. The van der Waals surface area contributed by atoms with E-state index in [1.165, 1.54) is 128 Å². The van der Waals surface area contributed by atoms with Crippen molar-refractivity contribution in [1.82, 2.24) is 0 Å². The average Bonchev–Trinajstić information content (AvgIpc) is 3.03. The highest BCUT2D eigenvalue weighted by Gasteiger charge is 2.29. The molecular weight excluding hydrogens is 568 g/mol. The zero-order chi connectivity index (χ0) is 34.1. The van der Waals surface area contributed by atoms with Gasteiger partial charge in [0.2, 0.25) is 0 Å². The highest BCUT2D eigenvalue weighted by molar-refractivity contribution is 5.70. The van der Waals surface area contributed by atoms with E-state index in [1.807, 2.05) is 0 Å². The lowest BCUT2D eigenvalue weighted by atomic mass is 9.78. The van der Waals surface area contributed by atoms with Gasteiger partial charge in [-0.25, -0.2) is 0 Å². The quantitative estimate of drug-likeness (QED) is 0.0656. The van der Waals surface area contributed by atoms with E-state index in [1.54, 1.807) is 0 Å². The standard InChI is InChI=1S/C42H82O4/c1-5-9-13-17-21-25-31-37(32-26-22-18-14-10-6-2)39(41(43)44)35-29-30-36-40(42(45)46)38(33-27-23-19-15-11-7-3)34-28-24-20-16-12-8-4/h37-40H,5-36H2,1-4H3,(H,43,44)(H,45,46). The summed E-state index contributed by atoms with van der Waals surface area (Å²) in [5.74, 6) is -1.29. The van der Waals surface area contributed by atoms with Crippen LogP contribution in [0.4, 0.5) is 0 Å². The maximum absolute atomic E-state index is 12.6. The highest BCUT2D eigenvalue weighted by Crippen LogP contribution is 2.33. The predicted octanol–water partition coefficient (Wildman–Crippen LogP) is 14.2. The number of unbranched alkanes of at least 4 members (excludes halogenated alkanes) is 21. The van der Waals surface area contributed by atoms with Crippen molar-refractivity contribution in [3.05, 3.63) is 0 Å². The zero-order valence-corrected chi connectivity index (χ0v) is 31.6. The van der Waals surface area contributed by atoms with E-state index in [2.05, 4.69) is 27.7 Å². The normalized spacial score (nSPS) is 13.1. The second kappa shape index (κ2) is 33.8. The molecule has 0 spiro atoms. The first-order chi connectivity index (χ1) is 22.4. The first kappa shape index (κ1) is 44.9. The summed E-state index contributed by atoms with van der Waals surface area (Å²) in [6.45, 7) is 8.99. The summed E-state index contributed by atoms with van der Waals surface area (Å²) in [7, 11) is 0. The van der Waals surface area contributed by atoms with Gasteiger partial charge >= 0.3 is 11.9 Å². The topological polar surface area (TPSA) is 74.6 Å². The minimum atomic E-state index is -0.624. The van der Waals surface area contributed by atoms with Gasteiger partial charge in [-0.3, -0.25) is 9.59 Å². The summed E-state index contributed by atoms with van der Waals surface area (Å²) in [6.07, 6.45) is 37.2. The number of rotatable bonds is 37.